The first-order chi connectivity index (χ1) is 9.02. The number of nitrogens with two attached hydrogens (primary N) is 1. The highest BCUT2D eigenvalue weighted by molar-refractivity contribution is 5.81. The molecule has 0 saturated heterocycles. The van der Waals surface area contributed by atoms with Gasteiger partial charge in [-0.15, -0.1) is 0 Å². The summed E-state index contributed by atoms with van der Waals surface area (Å²) in [7, 11) is 0. The Bertz CT molecular complexity index is 325. The van der Waals surface area contributed by atoms with Crippen LogP contribution in [0.5, 0.6) is 0 Å². The quantitative estimate of drug-likeness (QED) is 0.818. The molecule has 4 aliphatic rings. The van der Waals surface area contributed by atoms with Gasteiger partial charge in [-0.05, 0) is 82.0 Å². The lowest BCUT2D eigenvalue weighted by Gasteiger charge is -2.55. The van der Waals surface area contributed by atoms with E-state index >= 15 is 0 Å². The monoisotopic (exact) mass is 264 g/mol. The highest BCUT2D eigenvalue weighted by Gasteiger charge is 2.48. The van der Waals surface area contributed by atoms with Crippen LogP contribution in [-0.4, -0.2) is 18.0 Å². The molecule has 3 N–H and O–H groups in total. The van der Waals surface area contributed by atoms with Crippen molar-refractivity contribution in [2.75, 3.05) is 0 Å². The van der Waals surface area contributed by atoms with Crippen molar-refractivity contribution in [2.45, 2.75) is 64.5 Å². The predicted molar refractivity (Wildman–Crippen MR) is 76.4 cm³/mol. The van der Waals surface area contributed by atoms with E-state index < -0.39 is 0 Å². The second-order valence-electron chi connectivity index (χ2n) is 7.60. The van der Waals surface area contributed by atoms with Crippen molar-refractivity contribution in [2.24, 2.45) is 35.3 Å². The van der Waals surface area contributed by atoms with E-state index in [0.29, 0.717) is 0 Å². The van der Waals surface area contributed by atoms with Crippen molar-refractivity contribution < 1.29 is 4.79 Å². The van der Waals surface area contributed by atoms with Gasteiger partial charge in [0.2, 0.25) is 5.91 Å². The number of rotatable bonds is 4. The van der Waals surface area contributed by atoms with Crippen LogP contribution < -0.4 is 11.1 Å². The molecule has 0 aliphatic heterocycles. The van der Waals surface area contributed by atoms with E-state index in [9.17, 15) is 4.79 Å². The Morgan fingerprint density at radius 2 is 1.63 bits per heavy atom. The molecule has 0 heterocycles. The Hall–Kier alpha value is -0.570. The van der Waals surface area contributed by atoms with Crippen LogP contribution >= 0.6 is 0 Å². The Balaban J connectivity index is 1.59. The van der Waals surface area contributed by atoms with Crippen LogP contribution in [0.1, 0.15) is 52.4 Å². The summed E-state index contributed by atoms with van der Waals surface area (Å²) in [6.07, 6.45) is 8.05. The zero-order valence-corrected chi connectivity index (χ0v) is 12.3. The van der Waals surface area contributed by atoms with Gasteiger partial charge in [-0.2, -0.15) is 0 Å². The molecule has 4 fully saturated rings. The number of nitrogens with one attached hydrogen (secondary N) is 1. The molecular formula is C16H28N2O. The fourth-order valence-corrected chi connectivity index (χ4v) is 5.21. The molecule has 1 unspecified atom stereocenters. The minimum Gasteiger partial charge on any atom is -0.353 e. The maximum atomic E-state index is 12.0. The van der Waals surface area contributed by atoms with Gasteiger partial charge in [-0.1, -0.05) is 0 Å². The normalized spacial score (nSPS) is 41.6. The molecule has 108 valence electrons. The minimum atomic E-state index is -0.301. The number of hydrogen-bond acceptors (Lipinski definition) is 2. The van der Waals surface area contributed by atoms with Gasteiger partial charge in [-0.3, -0.25) is 4.79 Å². The van der Waals surface area contributed by atoms with Crippen molar-refractivity contribution in [3.05, 3.63) is 0 Å². The topological polar surface area (TPSA) is 55.1 Å². The molecule has 4 saturated carbocycles. The van der Waals surface area contributed by atoms with E-state index in [1.54, 1.807) is 0 Å². The highest BCUT2D eigenvalue weighted by Crippen LogP contribution is 2.57. The van der Waals surface area contributed by atoms with E-state index in [-0.39, 0.29) is 18.0 Å². The lowest BCUT2D eigenvalue weighted by atomic mass is 9.51. The summed E-state index contributed by atoms with van der Waals surface area (Å²) < 4.78 is 0. The molecule has 4 bridgehead atoms. The second-order valence-corrected chi connectivity index (χ2v) is 7.60. The third kappa shape index (κ3) is 2.67. The summed E-state index contributed by atoms with van der Waals surface area (Å²) in [6.45, 7) is 3.99. The van der Waals surface area contributed by atoms with Gasteiger partial charge < -0.3 is 11.1 Å². The van der Waals surface area contributed by atoms with Gasteiger partial charge in [0.25, 0.3) is 0 Å². The maximum absolute atomic E-state index is 12.0. The summed E-state index contributed by atoms with van der Waals surface area (Å²) in [5.41, 5.74) is 6.13. The molecule has 4 aliphatic carbocycles. The number of hydrogen-bond donors (Lipinski definition) is 2. The molecule has 0 spiro atoms. The fourth-order valence-electron chi connectivity index (χ4n) is 5.21. The van der Waals surface area contributed by atoms with Crippen LogP contribution in [-0.2, 0) is 4.79 Å². The molecule has 3 heteroatoms. The average molecular weight is 264 g/mol. The molecule has 1 amide bonds. The van der Waals surface area contributed by atoms with E-state index in [1.807, 2.05) is 13.8 Å². The number of amides is 1. The van der Waals surface area contributed by atoms with Crippen LogP contribution in [0.2, 0.25) is 0 Å². The smallest absolute Gasteiger partial charge is 0.237 e. The first kappa shape index (κ1) is 13.4. The molecule has 3 nitrogen and oxygen atoms in total. The highest BCUT2D eigenvalue weighted by atomic mass is 16.2. The number of carbonyl (C=O) groups excluding carboxylic acids is 1. The molecule has 0 radical (unpaired) electrons. The summed E-state index contributed by atoms with van der Waals surface area (Å²) in [5.74, 6) is 4.51. The van der Waals surface area contributed by atoms with Gasteiger partial charge >= 0.3 is 0 Å². The summed E-state index contributed by atoms with van der Waals surface area (Å²) in [4.78, 5) is 12.0. The van der Waals surface area contributed by atoms with E-state index in [2.05, 4.69) is 5.32 Å². The maximum Gasteiger partial charge on any atom is 0.237 e. The van der Waals surface area contributed by atoms with E-state index in [4.69, 9.17) is 5.73 Å². The van der Waals surface area contributed by atoms with Gasteiger partial charge in [0.05, 0.1) is 6.04 Å². The SMILES string of the molecule is CC(C)NC(=O)C(N)CC1C2CC3CC(C2)CC1C3. The van der Waals surface area contributed by atoms with Gasteiger partial charge in [0.15, 0.2) is 0 Å². The van der Waals surface area contributed by atoms with E-state index in [0.717, 1.165) is 36.0 Å². The molecule has 0 aromatic rings. The second kappa shape index (κ2) is 5.08. The Labute approximate surface area is 116 Å². The Morgan fingerprint density at radius 1 is 1.11 bits per heavy atom. The van der Waals surface area contributed by atoms with Crippen molar-refractivity contribution in [1.82, 2.24) is 5.32 Å². The minimum absolute atomic E-state index is 0.0452. The average Bonchev–Trinajstić information content (AvgIpc) is 2.31. The van der Waals surface area contributed by atoms with Crippen LogP contribution in [0.25, 0.3) is 0 Å². The first-order valence-electron chi connectivity index (χ1n) is 8.09. The summed E-state index contributed by atoms with van der Waals surface area (Å²) >= 11 is 0. The lowest BCUT2D eigenvalue weighted by molar-refractivity contribution is -0.124. The first-order valence-corrected chi connectivity index (χ1v) is 8.09. The van der Waals surface area contributed by atoms with Crippen molar-refractivity contribution in [1.29, 1.82) is 0 Å². The molecular weight excluding hydrogens is 236 g/mol. The van der Waals surface area contributed by atoms with Crippen LogP contribution in [0.15, 0.2) is 0 Å². The molecule has 4 rings (SSSR count). The van der Waals surface area contributed by atoms with Gasteiger partial charge in [0.1, 0.15) is 0 Å². The van der Waals surface area contributed by atoms with Crippen molar-refractivity contribution >= 4 is 5.91 Å². The number of carbonyl (C=O) groups is 1. The van der Waals surface area contributed by atoms with Gasteiger partial charge in [0, 0.05) is 6.04 Å². The largest absolute Gasteiger partial charge is 0.353 e. The standard InChI is InChI=1S/C16H28N2O/c1-9(2)18-16(19)15(17)8-14-12-4-10-3-11(6-12)7-13(14)5-10/h9-15H,3-8,17H2,1-2H3,(H,18,19). The Kier molecular flexibility index (Phi) is 3.59. The van der Waals surface area contributed by atoms with Crippen molar-refractivity contribution in [3.8, 4) is 0 Å². The summed E-state index contributed by atoms with van der Waals surface area (Å²) in [5, 5.41) is 2.95. The molecule has 1 atom stereocenters. The van der Waals surface area contributed by atoms with Gasteiger partial charge in [-0.25, -0.2) is 0 Å². The summed E-state index contributed by atoms with van der Waals surface area (Å²) in [6, 6.07) is -0.109. The van der Waals surface area contributed by atoms with Crippen LogP contribution in [0.4, 0.5) is 0 Å². The zero-order chi connectivity index (χ0) is 13.6. The predicted octanol–water partition coefficient (Wildman–Crippen LogP) is 2.30. The van der Waals surface area contributed by atoms with Crippen LogP contribution in [0, 0.1) is 29.6 Å². The lowest BCUT2D eigenvalue weighted by Crippen LogP contribution is -2.50. The van der Waals surface area contributed by atoms with Crippen molar-refractivity contribution in [3.63, 3.8) is 0 Å². The molecule has 0 aromatic carbocycles. The Morgan fingerprint density at radius 3 is 2.11 bits per heavy atom. The van der Waals surface area contributed by atoms with E-state index in [1.165, 1.54) is 32.1 Å². The fraction of sp³-hybridized carbons (Fsp3) is 0.938. The molecule has 0 aromatic heterocycles. The zero-order valence-electron chi connectivity index (χ0n) is 12.3. The third-order valence-electron chi connectivity index (χ3n) is 5.72. The van der Waals surface area contributed by atoms with Crippen LogP contribution in [0.3, 0.4) is 0 Å². The third-order valence-corrected chi connectivity index (χ3v) is 5.72. The molecule has 19 heavy (non-hydrogen) atoms.